The molecule has 0 aromatic carbocycles. The van der Waals surface area contributed by atoms with Crippen LogP contribution in [0.1, 0.15) is 45.4 Å². The second kappa shape index (κ2) is 7.36. The minimum absolute atomic E-state index is 0.145. The number of esters is 1. The molecule has 3 nitrogen and oxygen atoms in total. The van der Waals surface area contributed by atoms with Crippen molar-refractivity contribution < 1.29 is 14.3 Å². The summed E-state index contributed by atoms with van der Waals surface area (Å²) in [5, 5.41) is 1.49. The fourth-order valence-electron chi connectivity index (χ4n) is 4.14. The first kappa shape index (κ1) is 18.2. The quantitative estimate of drug-likeness (QED) is 0.512. The van der Waals surface area contributed by atoms with Gasteiger partial charge in [0.15, 0.2) is 0 Å². The molecule has 0 saturated carbocycles. The van der Waals surface area contributed by atoms with Crippen molar-refractivity contribution in [1.29, 1.82) is 0 Å². The van der Waals surface area contributed by atoms with Crippen molar-refractivity contribution in [2.24, 2.45) is 0 Å². The second-order valence-corrected chi connectivity index (χ2v) is 13.1. The molecule has 0 N–H and O–H groups in total. The highest BCUT2D eigenvalue weighted by atomic mass is 28.3. The van der Waals surface area contributed by atoms with Crippen LogP contribution in [0.25, 0.3) is 0 Å². The van der Waals surface area contributed by atoms with Gasteiger partial charge in [-0.2, -0.15) is 0 Å². The van der Waals surface area contributed by atoms with Gasteiger partial charge in [0, 0.05) is 18.4 Å². The van der Waals surface area contributed by atoms with E-state index in [2.05, 4.69) is 31.8 Å². The average Bonchev–Trinajstić information content (AvgIpc) is 2.85. The van der Waals surface area contributed by atoms with Crippen LogP contribution in [-0.4, -0.2) is 27.3 Å². The van der Waals surface area contributed by atoms with E-state index in [4.69, 9.17) is 9.47 Å². The molecule has 0 radical (unpaired) electrons. The van der Waals surface area contributed by atoms with Crippen LogP contribution >= 0.6 is 0 Å². The minimum atomic E-state index is -1.58. The maximum atomic E-state index is 12.3. The first-order valence-electron chi connectivity index (χ1n) is 9.56. The van der Waals surface area contributed by atoms with Crippen LogP contribution in [0.5, 0.6) is 0 Å². The third kappa shape index (κ3) is 3.84. The Kier molecular flexibility index (Phi) is 5.37. The number of rotatable bonds is 3. The van der Waals surface area contributed by atoms with E-state index in [0.29, 0.717) is 6.61 Å². The SMILES string of the molecule is CCOC(=O)C1=CCCC2=C(CC/C=C3/CCO/C3=C/2[Si](C)(C)C)C1. The summed E-state index contributed by atoms with van der Waals surface area (Å²) in [5.41, 5.74) is 5.15. The molecule has 0 bridgehead atoms. The Hall–Kier alpha value is -1.55. The Bertz CT molecular complexity index is 686. The molecule has 3 rings (SSSR count). The highest BCUT2D eigenvalue weighted by molar-refractivity contribution is 6.84. The van der Waals surface area contributed by atoms with Gasteiger partial charge >= 0.3 is 5.97 Å². The van der Waals surface area contributed by atoms with Crippen molar-refractivity contribution in [2.75, 3.05) is 13.2 Å². The van der Waals surface area contributed by atoms with Gasteiger partial charge in [-0.1, -0.05) is 37.4 Å². The summed E-state index contributed by atoms with van der Waals surface area (Å²) in [6.45, 7) is 10.3. The predicted molar refractivity (Wildman–Crippen MR) is 104 cm³/mol. The Morgan fingerprint density at radius 3 is 2.64 bits per heavy atom. The summed E-state index contributed by atoms with van der Waals surface area (Å²) in [7, 11) is -1.58. The van der Waals surface area contributed by atoms with E-state index in [1.54, 1.807) is 0 Å². The molecule has 0 atom stereocenters. The zero-order chi connectivity index (χ0) is 18.0. The van der Waals surface area contributed by atoms with Crippen LogP contribution in [-0.2, 0) is 14.3 Å². The van der Waals surface area contributed by atoms with Gasteiger partial charge in [-0.3, -0.25) is 0 Å². The van der Waals surface area contributed by atoms with Crippen molar-refractivity contribution in [1.82, 2.24) is 0 Å². The molecule has 1 fully saturated rings. The van der Waals surface area contributed by atoms with Crippen molar-refractivity contribution in [3.63, 3.8) is 0 Å². The zero-order valence-corrected chi connectivity index (χ0v) is 17.0. The highest BCUT2D eigenvalue weighted by Gasteiger charge is 2.34. The number of hydrogen-bond donors (Lipinski definition) is 0. The van der Waals surface area contributed by atoms with Crippen molar-refractivity contribution in [2.45, 2.75) is 65.1 Å². The van der Waals surface area contributed by atoms with Gasteiger partial charge in [-0.15, -0.1) is 0 Å². The van der Waals surface area contributed by atoms with Crippen molar-refractivity contribution in [3.05, 3.63) is 45.4 Å². The molecule has 0 spiro atoms. The number of allylic oxidation sites excluding steroid dienone is 6. The van der Waals surface area contributed by atoms with E-state index < -0.39 is 8.07 Å². The Morgan fingerprint density at radius 2 is 1.92 bits per heavy atom. The van der Waals surface area contributed by atoms with Crippen LogP contribution in [0.2, 0.25) is 19.6 Å². The molecule has 1 aliphatic heterocycles. The molecule has 0 unspecified atom stereocenters. The molecule has 1 saturated heterocycles. The molecule has 2 aliphatic carbocycles. The molecule has 136 valence electrons. The first-order chi connectivity index (χ1) is 11.9. The summed E-state index contributed by atoms with van der Waals surface area (Å²) in [6.07, 6.45) is 10.2. The lowest BCUT2D eigenvalue weighted by molar-refractivity contribution is -0.138. The maximum Gasteiger partial charge on any atom is 0.333 e. The molecule has 0 amide bonds. The summed E-state index contributed by atoms with van der Waals surface area (Å²) in [4.78, 5) is 12.3. The van der Waals surface area contributed by atoms with Crippen LogP contribution in [0.15, 0.2) is 45.4 Å². The second-order valence-electron chi connectivity index (χ2n) is 8.07. The van der Waals surface area contributed by atoms with E-state index in [1.807, 2.05) is 6.92 Å². The van der Waals surface area contributed by atoms with Gasteiger partial charge < -0.3 is 9.47 Å². The first-order valence-corrected chi connectivity index (χ1v) is 13.1. The van der Waals surface area contributed by atoms with Gasteiger partial charge in [0.1, 0.15) is 5.76 Å². The number of ether oxygens (including phenoxy) is 2. The summed E-state index contributed by atoms with van der Waals surface area (Å²) in [5.74, 6) is 1.03. The van der Waals surface area contributed by atoms with Gasteiger partial charge in [0.05, 0.1) is 21.3 Å². The predicted octanol–water partition coefficient (Wildman–Crippen LogP) is 5.23. The van der Waals surface area contributed by atoms with E-state index in [-0.39, 0.29) is 5.97 Å². The third-order valence-electron chi connectivity index (χ3n) is 5.18. The van der Waals surface area contributed by atoms with E-state index >= 15 is 0 Å². The molecule has 25 heavy (non-hydrogen) atoms. The number of hydrogen-bond acceptors (Lipinski definition) is 3. The molecular weight excluding hydrogens is 328 g/mol. The van der Waals surface area contributed by atoms with Crippen LogP contribution in [0, 0.1) is 0 Å². The Labute approximate surface area is 152 Å². The monoisotopic (exact) mass is 358 g/mol. The van der Waals surface area contributed by atoms with Crippen molar-refractivity contribution >= 4 is 14.0 Å². The molecule has 0 aromatic heterocycles. The maximum absolute atomic E-state index is 12.3. The van der Waals surface area contributed by atoms with Gasteiger partial charge in [0.2, 0.25) is 0 Å². The summed E-state index contributed by atoms with van der Waals surface area (Å²) in [6, 6.07) is 0. The largest absolute Gasteiger partial charge is 0.493 e. The van der Waals surface area contributed by atoms with Gasteiger partial charge in [0.25, 0.3) is 0 Å². The fourth-order valence-corrected chi connectivity index (χ4v) is 6.27. The Balaban J connectivity index is 2.06. The highest BCUT2D eigenvalue weighted by Crippen LogP contribution is 2.42. The number of carbonyl (C=O) groups is 1. The molecule has 4 heteroatoms. The van der Waals surface area contributed by atoms with Gasteiger partial charge in [-0.05, 0) is 48.9 Å². The summed E-state index contributed by atoms with van der Waals surface area (Å²) >= 11 is 0. The van der Waals surface area contributed by atoms with E-state index in [1.165, 1.54) is 27.7 Å². The van der Waals surface area contributed by atoms with E-state index in [9.17, 15) is 4.79 Å². The fraction of sp³-hybridized carbons (Fsp3) is 0.571. The molecule has 0 aromatic rings. The topological polar surface area (TPSA) is 35.5 Å². The lowest BCUT2D eigenvalue weighted by atomic mass is 9.92. The van der Waals surface area contributed by atoms with Crippen LogP contribution < -0.4 is 0 Å². The third-order valence-corrected chi connectivity index (χ3v) is 7.21. The normalized spacial score (nSPS) is 26.2. The smallest absolute Gasteiger partial charge is 0.333 e. The van der Waals surface area contributed by atoms with Crippen LogP contribution in [0.3, 0.4) is 0 Å². The molecule has 1 heterocycles. The lowest BCUT2D eigenvalue weighted by Crippen LogP contribution is -2.28. The van der Waals surface area contributed by atoms with Gasteiger partial charge in [-0.25, -0.2) is 4.79 Å². The number of carbonyl (C=O) groups excluding carboxylic acids is 1. The summed E-state index contributed by atoms with van der Waals surface area (Å²) < 4.78 is 11.4. The number of fused-ring (bicyclic) bond motifs is 1. The Morgan fingerprint density at radius 1 is 1.16 bits per heavy atom. The van der Waals surface area contributed by atoms with Crippen LogP contribution in [0.4, 0.5) is 0 Å². The molecule has 3 aliphatic rings. The minimum Gasteiger partial charge on any atom is -0.493 e. The standard InChI is InChI=1S/C21H30O3Si/c1-5-23-21(22)17-10-7-11-18-16(14-17)9-6-8-15-12-13-24-19(15)20(18)25(2,3)4/h8,10H,5-7,9,11-14H2,1-4H3/b15-8-,20-19-. The lowest BCUT2D eigenvalue weighted by Gasteiger charge is -2.29. The van der Waals surface area contributed by atoms with E-state index in [0.717, 1.165) is 50.7 Å². The van der Waals surface area contributed by atoms with Crippen molar-refractivity contribution in [3.8, 4) is 0 Å². The zero-order valence-electron chi connectivity index (χ0n) is 16.0. The average molecular weight is 359 g/mol. The molecular formula is C21H30O3Si.